The Kier molecular flexibility index (Phi) is 4.92. The molecule has 0 atom stereocenters. The minimum absolute atomic E-state index is 0.0247. The normalized spacial score (nSPS) is 20.0. The lowest BCUT2D eigenvalue weighted by molar-refractivity contribution is -0.122. The number of carbonyl (C=O) groups is 1. The third-order valence-corrected chi connectivity index (χ3v) is 5.19. The van der Waals surface area contributed by atoms with Crippen molar-refractivity contribution in [3.63, 3.8) is 0 Å². The standard InChI is InChI=1S/C12H12Br2N2O2S/c1-3-15-12-16(4-2)11(17)9(19-12)6-7-5-8(13)10(14)18-7/h5-6H,3-4H2,1-2H3/b9-6+,15-12?. The number of hydrogen-bond donors (Lipinski definition) is 0. The van der Waals surface area contributed by atoms with E-state index in [4.69, 9.17) is 4.42 Å². The van der Waals surface area contributed by atoms with Gasteiger partial charge in [-0.3, -0.25) is 14.7 Å². The molecular formula is C12H12Br2N2O2S. The molecule has 0 aliphatic carbocycles. The van der Waals surface area contributed by atoms with Gasteiger partial charge in [-0.1, -0.05) is 0 Å². The fraction of sp³-hybridized carbons (Fsp3) is 0.333. The Morgan fingerprint density at radius 3 is 2.74 bits per heavy atom. The van der Waals surface area contributed by atoms with Gasteiger partial charge >= 0.3 is 0 Å². The zero-order chi connectivity index (χ0) is 14.0. The van der Waals surface area contributed by atoms with Crippen LogP contribution in [0.3, 0.4) is 0 Å². The number of carbonyl (C=O) groups excluding carboxylic acids is 1. The molecule has 0 aromatic carbocycles. The number of likely N-dealkylation sites (N-methyl/N-ethyl adjacent to an activating group) is 1. The monoisotopic (exact) mass is 406 g/mol. The van der Waals surface area contributed by atoms with Gasteiger partial charge < -0.3 is 4.42 Å². The lowest BCUT2D eigenvalue weighted by atomic mass is 10.3. The molecule has 1 fully saturated rings. The summed E-state index contributed by atoms with van der Waals surface area (Å²) in [5, 5.41) is 0.755. The summed E-state index contributed by atoms with van der Waals surface area (Å²) < 4.78 is 6.90. The van der Waals surface area contributed by atoms with Crippen LogP contribution in [0.1, 0.15) is 19.6 Å². The van der Waals surface area contributed by atoms with Crippen LogP contribution >= 0.6 is 43.6 Å². The minimum atomic E-state index is -0.0247. The predicted molar refractivity (Wildman–Crippen MR) is 85.0 cm³/mol. The second-order valence-corrected chi connectivity index (χ2v) is 6.27. The average Bonchev–Trinajstić information content (AvgIpc) is 2.82. The number of nitrogens with zero attached hydrogens (tertiary/aromatic N) is 2. The van der Waals surface area contributed by atoms with Gasteiger partial charge in [-0.2, -0.15) is 0 Å². The van der Waals surface area contributed by atoms with Crippen LogP contribution in [0, 0.1) is 0 Å². The van der Waals surface area contributed by atoms with Crippen LogP contribution in [-0.2, 0) is 4.79 Å². The van der Waals surface area contributed by atoms with Crippen molar-refractivity contribution in [2.24, 2.45) is 4.99 Å². The van der Waals surface area contributed by atoms with E-state index >= 15 is 0 Å². The van der Waals surface area contributed by atoms with Crippen molar-refractivity contribution in [3.8, 4) is 0 Å². The van der Waals surface area contributed by atoms with Crippen LogP contribution in [0.2, 0.25) is 0 Å². The zero-order valence-corrected chi connectivity index (χ0v) is 14.4. The van der Waals surface area contributed by atoms with Crippen molar-refractivity contribution in [1.82, 2.24) is 4.90 Å². The Labute approximate surface area is 132 Å². The summed E-state index contributed by atoms with van der Waals surface area (Å²) >= 11 is 8.00. The van der Waals surface area contributed by atoms with Gasteiger partial charge in [-0.25, -0.2) is 0 Å². The van der Waals surface area contributed by atoms with Crippen molar-refractivity contribution in [2.45, 2.75) is 13.8 Å². The van der Waals surface area contributed by atoms with E-state index in [1.54, 1.807) is 11.0 Å². The van der Waals surface area contributed by atoms with Crippen LogP contribution in [0.4, 0.5) is 0 Å². The molecule has 1 amide bonds. The molecule has 1 aliphatic heterocycles. The Bertz CT molecular complexity index is 547. The lowest BCUT2D eigenvalue weighted by Gasteiger charge is -2.11. The van der Waals surface area contributed by atoms with Gasteiger partial charge in [0.1, 0.15) is 5.76 Å². The van der Waals surface area contributed by atoms with Gasteiger partial charge in [0.05, 0.1) is 9.38 Å². The zero-order valence-electron chi connectivity index (χ0n) is 10.4. The predicted octanol–water partition coefficient (Wildman–Crippen LogP) is 4.12. The van der Waals surface area contributed by atoms with E-state index < -0.39 is 0 Å². The third kappa shape index (κ3) is 3.14. The van der Waals surface area contributed by atoms with E-state index in [0.717, 1.165) is 9.64 Å². The van der Waals surface area contributed by atoms with Crippen molar-refractivity contribution in [2.75, 3.05) is 13.1 Å². The topological polar surface area (TPSA) is 45.8 Å². The van der Waals surface area contributed by atoms with Crippen molar-refractivity contribution >= 4 is 60.8 Å². The quantitative estimate of drug-likeness (QED) is 0.708. The second-order valence-electron chi connectivity index (χ2n) is 3.69. The number of thioether (sulfide) groups is 1. The van der Waals surface area contributed by atoms with E-state index in [1.165, 1.54) is 11.8 Å². The lowest BCUT2D eigenvalue weighted by Crippen LogP contribution is -2.28. The summed E-state index contributed by atoms with van der Waals surface area (Å²) in [5.41, 5.74) is 0. The first kappa shape index (κ1) is 14.9. The maximum atomic E-state index is 12.2. The summed E-state index contributed by atoms with van der Waals surface area (Å²) in [5.74, 6) is 0.603. The fourth-order valence-electron chi connectivity index (χ4n) is 1.60. The number of rotatable bonds is 3. The summed E-state index contributed by atoms with van der Waals surface area (Å²) in [6, 6.07) is 1.82. The van der Waals surface area contributed by atoms with Crippen LogP contribution in [0.25, 0.3) is 6.08 Å². The molecule has 2 heterocycles. The number of aliphatic imine (C=N–C) groups is 1. The molecule has 102 valence electrons. The molecule has 0 N–H and O–H groups in total. The number of hydrogen-bond acceptors (Lipinski definition) is 4. The highest BCUT2D eigenvalue weighted by molar-refractivity contribution is 9.13. The van der Waals surface area contributed by atoms with E-state index in [-0.39, 0.29) is 5.91 Å². The van der Waals surface area contributed by atoms with Crippen LogP contribution in [0.15, 0.2) is 29.5 Å². The number of furan rings is 1. The van der Waals surface area contributed by atoms with Gasteiger partial charge in [0.15, 0.2) is 9.84 Å². The molecule has 1 aromatic rings. The van der Waals surface area contributed by atoms with Crippen LogP contribution in [0.5, 0.6) is 0 Å². The van der Waals surface area contributed by atoms with Crippen molar-refractivity contribution < 1.29 is 9.21 Å². The first-order valence-corrected chi connectivity index (χ1v) is 8.17. The van der Waals surface area contributed by atoms with E-state index in [1.807, 2.05) is 19.9 Å². The molecule has 1 saturated heterocycles. The average molecular weight is 408 g/mol. The van der Waals surface area contributed by atoms with Gasteiger partial charge in [-0.15, -0.1) is 0 Å². The van der Waals surface area contributed by atoms with Gasteiger partial charge in [-0.05, 0) is 63.5 Å². The fourth-order valence-corrected chi connectivity index (χ4v) is 3.30. The highest BCUT2D eigenvalue weighted by Gasteiger charge is 2.32. The molecule has 0 radical (unpaired) electrons. The second kappa shape index (κ2) is 6.28. The maximum absolute atomic E-state index is 12.2. The SMILES string of the molecule is CCN=C1S/C(=C/c2cc(Br)c(Br)o2)C(=O)N1CC. The molecular weight excluding hydrogens is 396 g/mol. The first-order chi connectivity index (χ1) is 9.06. The van der Waals surface area contributed by atoms with Crippen molar-refractivity contribution in [3.05, 3.63) is 25.9 Å². The summed E-state index contributed by atoms with van der Waals surface area (Å²) in [6.07, 6.45) is 1.74. The van der Waals surface area contributed by atoms with Gasteiger partial charge in [0, 0.05) is 19.2 Å². The number of halogens is 2. The molecule has 2 rings (SSSR count). The highest BCUT2D eigenvalue weighted by Crippen LogP contribution is 2.34. The van der Waals surface area contributed by atoms with Gasteiger partial charge in [0.2, 0.25) is 0 Å². The van der Waals surface area contributed by atoms with Crippen LogP contribution < -0.4 is 0 Å². The third-order valence-electron chi connectivity index (χ3n) is 2.44. The Morgan fingerprint density at radius 1 is 1.47 bits per heavy atom. The van der Waals surface area contributed by atoms with Gasteiger partial charge in [0.25, 0.3) is 5.91 Å². The molecule has 1 aliphatic rings. The summed E-state index contributed by atoms with van der Waals surface area (Å²) in [7, 11) is 0. The smallest absolute Gasteiger partial charge is 0.266 e. The van der Waals surface area contributed by atoms with E-state index in [2.05, 4.69) is 36.9 Å². The molecule has 19 heavy (non-hydrogen) atoms. The Balaban J connectivity index is 2.31. The summed E-state index contributed by atoms with van der Waals surface area (Å²) in [4.78, 5) is 18.8. The van der Waals surface area contributed by atoms with Crippen LogP contribution in [-0.4, -0.2) is 29.1 Å². The molecule has 1 aromatic heterocycles. The molecule has 0 saturated carbocycles. The van der Waals surface area contributed by atoms with E-state index in [0.29, 0.717) is 28.4 Å². The number of amides is 1. The molecule has 0 unspecified atom stereocenters. The molecule has 0 spiro atoms. The molecule has 7 heteroatoms. The number of amidine groups is 1. The Hall–Kier alpha value is -0.530. The largest absolute Gasteiger partial charge is 0.449 e. The minimum Gasteiger partial charge on any atom is -0.449 e. The highest BCUT2D eigenvalue weighted by atomic mass is 79.9. The maximum Gasteiger partial charge on any atom is 0.266 e. The first-order valence-electron chi connectivity index (χ1n) is 5.77. The molecule has 4 nitrogen and oxygen atoms in total. The summed E-state index contributed by atoms with van der Waals surface area (Å²) in [6.45, 7) is 5.17. The van der Waals surface area contributed by atoms with Crippen molar-refractivity contribution in [1.29, 1.82) is 0 Å². The Morgan fingerprint density at radius 2 is 2.21 bits per heavy atom. The van der Waals surface area contributed by atoms with E-state index in [9.17, 15) is 4.79 Å². The molecule has 0 bridgehead atoms.